The van der Waals surface area contributed by atoms with Crippen LogP contribution in [0.25, 0.3) is 85.6 Å². The van der Waals surface area contributed by atoms with Crippen molar-refractivity contribution < 1.29 is 0 Å². The summed E-state index contributed by atoms with van der Waals surface area (Å²) in [5.41, 5.74) is 5.44. The van der Waals surface area contributed by atoms with Crippen molar-refractivity contribution in [2.24, 2.45) is 0 Å². The molecule has 0 bridgehead atoms. The topological polar surface area (TPSA) is 38.7 Å². The highest BCUT2D eigenvalue weighted by Gasteiger charge is 2.18. The summed E-state index contributed by atoms with van der Waals surface area (Å²) in [7, 11) is 0. The second-order valence-corrected chi connectivity index (χ2v) is 12.9. The predicted octanol–water partition coefficient (Wildman–Crippen LogP) is 11.3. The van der Waals surface area contributed by atoms with E-state index in [2.05, 4.69) is 78.9 Å². The van der Waals surface area contributed by atoms with Gasteiger partial charge in [-0.3, -0.25) is 0 Å². The summed E-state index contributed by atoms with van der Waals surface area (Å²) in [4.78, 5) is 15.0. The van der Waals surface area contributed by atoms with Crippen molar-refractivity contribution in [1.82, 2.24) is 15.0 Å². The SMILES string of the molecule is c1ccc(-c2nc(-c3ccccc3)nc(-c3cccc4c3sc3c(-c5ccc6sc7ccccc7c6c5)cccc34)n2)cc1. The van der Waals surface area contributed by atoms with Crippen molar-refractivity contribution in [2.45, 2.75) is 0 Å². The third-order valence-electron chi connectivity index (χ3n) is 8.15. The van der Waals surface area contributed by atoms with Crippen LogP contribution in [0.3, 0.4) is 0 Å². The molecule has 0 spiro atoms. The molecule has 0 aliphatic rings. The summed E-state index contributed by atoms with van der Waals surface area (Å²) in [6.45, 7) is 0. The van der Waals surface area contributed by atoms with Gasteiger partial charge in [-0.15, -0.1) is 22.7 Å². The minimum Gasteiger partial charge on any atom is -0.208 e. The van der Waals surface area contributed by atoms with Gasteiger partial charge in [-0.1, -0.05) is 115 Å². The van der Waals surface area contributed by atoms with Crippen LogP contribution in [0.2, 0.25) is 0 Å². The van der Waals surface area contributed by atoms with Crippen LogP contribution in [0.1, 0.15) is 0 Å². The van der Waals surface area contributed by atoms with Crippen molar-refractivity contribution >= 4 is 63.0 Å². The Bertz CT molecular complexity index is 2440. The second kappa shape index (κ2) is 10.2. The number of hydrogen-bond donors (Lipinski definition) is 0. The first-order valence-electron chi connectivity index (χ1n) is 14.5. The van der Waals surface area contributed by atoms with Crippen molar-refractivity contribution in [3.05, 3.63) is 140 Å². The van der Waals surface area contributed by atoms with Crippen molar-refractivity contribution in [3.8, 4) is 45.3 Å². The lowest BCUT2D eigenvalue weighted by molar-refractivity contribution is 1.08. The molecule has 0 N–H and O–H groups in total. The van der Waals surface area contributed by atoms with Crippen molar-refractivity contribution in [1.29, 1.82) is 0 Å². The minimum atomic E-state index is 0.671. The molecule has 44 heavy (non-hydrogen) atoms. The van der Waals surface area contributed by atoms with E-state index in [4.69, 9.17) is 15.0 Å². The fourth-order valence-corrected chi connectivity index (χ4v) is 8.48. The number of hydrogen-bond acceptors (Lipinski definition) is 5. The smallest absolute Gasteiger partial charge is 0.165 e. The van der Waals surface area contributed by atoms with Gasteiger partial charge in [0.1, 0.15) is 0 Å². The zero-order chi connectivity index (χ0) is 29.0. The van der Waals surface area contributed by atoms with Crippen LogP contribution in [0, 0.1) is 0 Å². The molecule has 3 nitrogen and oxygen atoms in total. The molecule has 0 saturated heterocycles. The molecule has 9 rings (SSSR count). The molecule has 0 amide bonds. The van der Waals surface area contributed by atoms with Gasteiger partial charge in [0, 0.05) is 57.0 Å². The zero-order valence-corrected chi connectivity index (χ0v) is 25.1. The maximum atomic E-state index is 5.04. The zero-order valence-electron chi connectivity index (χ0n) is 23.4. The molecule has 0 unspecified atom stereocenters. The van der Waals surface area contributed by atoms with Crippen LogP contribution in [-0.2, 0) is 0 Å². The third kappa shape index (κ3) is 4.13. The highest BCUT2D eigenvalue weighted by atomic mass is 32.1. The Morgan fingerprint density at radius 1 is 0.341 bits per heavy atom. The molecule has 206 valence electrons. The lowest BCUT2D eigenvalue weighted by Crippen LogP contribution is -2.00. The molecular weight excluding hydrogens is 575 g/mol. The first-order valence-corrected chi connectivity index (χ1v) is 16.2. The first-order chi connectivity index (χ1) is 21.8. The fourth-order valence-electron chi connectivity index (χ4n) is 6.05. The maximum Gasteiger partial charge on any atom is 0.165 e. The molecular formula is C39H23N3S2. The van der Waals surface area contributed by atoms with Crippen LogP contribution >= 0.6 is 22.7 Å². The molecule has 3 heterocycles. The van der Waals surface area contributed by atoms with E-state index in [-0.39, 0.29) is 0 Å². The van der Waals surface area contributed by atoms with Gasteiger partial charge in [0.25, 0.3) is 0 Å². The number of aromatic nitrogens is 3. The second-order valence-electron chi connectivity index (χ2n) is 10.8. The number of fused-ring (bicyclic) bond motifs is 6. The van der Waals surface area contributed by atoms with Gasteiger partial charge >= 0.3 is 0 Å². The van der Waals surface area contributed by atoms with Gasteiger partial charge in [0.15, 0.2) is 17.5 Å². The van der Waals surface area contributed by atoms with Crippen LogP contribution in [0.4, 0.5) is 0 Å². The first kappa shape index (κ1) is 25.3. The Hall–Kier alpha value is -5.23. The van der Waals surface area contributed by atoms with E-state index in [9.17, 15) is 0 Å². The summed E-state index contributed by atoms with van der Waals surface area (Å²) in [5, 5.41) is 5.10. The summed E-state index contributed by atoms with van der Waals surface area (Å²) < 4.78 is 5.10. The van der Waals surface area contributed by atoms with Gasteiger partial charge in [-0.05, 0) is 35.4 Å². The normalized spacial score (nSPS) is 11.6. The summed E-state index contributed by atoms with van der Waals surface area (Å²) in [6, 6.07) is 49.0. The van der Waals surface area contributed by atoms with E-state index in [0.717, 1.165) is 16.7 Å². The molecule has 0 aliphatic carbocycles. The number of thiophene rings is 2. The third-order valence-corrected chi connectivity index (χ3v) is 10.6. The molecule has 0 atom stereocenters. The highest BCUT2D eigenvalue weighted by molar-refractivity contribution is 7.27. The maximum absolute atomic E-state index is 5.04. The molecule has 9 aromatic rings. The number of benzene rings is 6. The standard InChI is InChI=1S/C39H23N3S2/c1-3-11-24(12-4-1)37-40-38(25-13-5-2-6-14-25)42-39(41-37)31-19-10-18-30-29-17-9-16-27(35(29)44-36(30)31)26-21-22-34-32(23-26)28-15-7-8-20-33(28)43-34/h1-23H. The molecule has 0 aliphatic heterocycles. The lowest BCUT2D eigenvalue weighted by Gasteiger charge is -2.09. The van der Waals surface area contributed by atoms with Gasteiger partial charge < -0.3 is 0 Å². The molecule has 0 saturated carbocycles. The average molecular weight is 598 g/mol. The van der Waals surface area contributed by atoms with E-state index in [1.165, 1.54) is 51.5 Å². The largest absolute Gasteiger partial charge is 0.208 e. The Morgan fingerprint density at radius 2 is 0.886 bits per heavy atom. The Balaban J connectivity index is 1.26. The van der Waals surface area contributed by atoms with E-state index >= 15 is 0 Å². The lowest BCUT2D eigenvalue weighted by atomic mass is 10.0. The monoisotopic (exact) mass is 597 g/mol. The van der Waals surface area contributed by atoms with E-state index < -0.39 is 0 Å². The molecule has 0 radical (unpaired) electrons. The number of rotatable bonds is 4. The van der Waals surface area contributed by atoms with E-state index in [1.807, 2.05) is 83.3 Å². The van der Waals surface area contributed by atoms with Crippen molar-refractivity contribution in [3.63, 3.8) is 0 Å². The summed E-state index contributed by atoms with van der Waals surface area (Å²) in [5.74, 6) is 2.02. The molecule has 5 heteroatoms. The summed E-state index contributed by atoms with van der Waals surface area (Å²) >= 11 is 3.68. The Labute approximate surface area is 261 Å². The molecule has 0 fully saturated rings. The van der Waals surface area contributed by atoms with E-state index in [0.29, 0.717) is 17.5 Å². The fraction of sp³-hybridized carbons (Fsp3) is 0. The predicted molar refractivity (Wildman–Crippen MR) is 187 cm³/mol. The van der Waals surface area contributed by atoms with Gasteiger partial charge in [0.2, 0.25) is 0 Å². The van der Waals surface area contributed by atoms with Crippen LogP contribution in [0.5, 0.6) is 0 Å². The van der Waals surface area contributed by atoms with Gasteiger partial charge in [-0.2, -0.15) is 0 Å². The van der Waals surface area contributed by atoms with Crippen molar-refractivity contribution in [2.75, 3.05) is 0 Å². The van der Waals surface area contributed by atoms with Crippen LogP contribution in [-0.4, -0.2) is 15.0 Å². The van der Waals surface area contributed by atoms with Gasteiger partial charge in [-0.25, -0.2) is 15.0 Å². The molecule has 6 aromatic carbocycles. The average Bonchev–Trinajstić information content (AvgIpc) is 3.67. The Kier molecular flexibility index (Phi) is 5.86. The van der Waals surface area contributed by atoms with E-state index in [1.54, 1.807) is 0 Å². The van der Waals surface area contributed by atoms with Crippen LogP contribution in [0.15, 0.2) is 140 Å². The van der Waals surface area contributed by atoms with Gasteiger partial charge in [0.05, 0.1) is 0 Å². The quantitative estimate of drug-likeness (QED) is 0.203. The van der Waals surface area contributed by atoms with Crippen LogP contribution < -0.4 is 0 Å². The highest BCUT2D eigenvalue weighted by Crippen LogP contribution is 2.44. The molecule has 3 aromatic heterocycles. The minimum absolute atomic E-state index is 0.671. The summed E-state index contributed by atoms with van der Waals surface area (Å²) in [6.07, 6.45) is 0. The number of nitrogens with zero attached hydrogens (tertiary/aromatic N) is 3. The Morgan fingerprint density at radius 3 is 1.59 bits per heavy atom.